The van der Waals surface area contributed by atoms with Gasteiger partial charge >= 0.3 is 0 Å². The summed E-state index contributed by atoms with van der Waals surface area (Å²) in [7, 11) is -2.92. The number of para-hydroxylation sites is 1. The van der Waals surface area contributed by atoms with Crippen LogP contribution in [-0.2, 0) is 16.3 Å². The molecule has 0 atom stereocenters. The summed E-state index contributed by atoms with van der Waals surface area (Å²) in [6.07, 6.45) is 0.680. The number of hydrogen-bond acceptors (Lipinski definition) is 3. The van der Waals surface area contributed by atoms with E-state index in [0.29, 0.717) is 11.3 Å². The van der Waals surface area contributed by atoms with Crippen LogP contribution in [0.3, 0.4) is 0 Å². The molecule has 0 unspecified atom stereocenters. The molecule has 1 aliphatic heterocycles. The number of rotatable bonds is 0. The number of aryl methyl sites for hydroxylation is 3. The summed E-state index contributed by atoms with van der Waals surface area (Å²) in [6, 6.07) is 17.8. The fourth-order valence-corrected chi connectivity index (χ4v) is 4.27. The van der Waals surface area contributed by atoms with Gasteiger partial charge in [0.15, 0.2) is 9.84 Å². The van der Waals surface area contributed by atoms with Crippen LogP contribution in [0, 0.1) is 13.8 Å². The standard InChI is InChI=1S/C10H9N.C9H10O2S/c1-8-6-7-9-4-2-3-5-10(9)11-8;1-7-2-3-9-8(6-7)4-5-12(9,10)11/h2-7H,1H3;2-3,6H,4-5H2,1H3. The van der Waals surface area contributed by atoms with Crippen molar-refractivity contribution >= 4 is 20.7 Å². The Hall–Kier alpha value is -2.20. The molecule has 4 heteroatoms. The van der Waals surface area contributed by atoms with E-state index in [-0.39, 0.29) is 5.75 Å². The monoisotopic (exact) mass is 325 g/mol. The quantitative estimate of drug-likeness (QED) is 0.630. The number of aromatic nitrogens is 1. The topological polar surface area (TPSA) is 47.0 Å². The number of benzene rings is 2. The lowest BCUT2D eigenvalue weighted by molar-refractivity contribution is 0.600. The molecule has 3 nitrogen and oxygen atoms in total. The summed E-state index contributed by atoms with van der Waals surface area (Å²) in [4.78, 5) is 4.91. The second-order valence-electron chi connectivity index (χ2n) is 5.83. The molecule has 4 rings (SSSR count). The Balaban J connectivity index is 0.000000136. The molecule has 1 aliphatic rings. The maximum Gasteiger partial charge on any atom is 0.178 e. The molecular weight excluding hydrogens is 306 g/mol. The van der Waals surface area contributed by atoms with E-state index in [1.807, 2.05) is 50.2 Å². The molecule has 3 aromatic rings. The second-order valence-corrected chi connectivity index (χ2v) is 7.90. The van der Waals surface area contributed by atoms with Crippen molar-refractivity contribution in [2.75, 3.05) is 5.75 Å². The Morgan fingerprint density at radius 1 is 0.957 bits per heavy atom. The average molecular weight is 325 g/mol. The van der Waals surface area contributed by atoms with E-state index in [9.17, 15) is 8.42 Å². The molecule has 0 bridgehead atoms. The van der Waals surface area contributed by atoms with E-state index < -0.39 is 9.84 Å². The van der Waals surface area contributed by atoms with Crippen molar-refractivity contribution in [3.63, 3.8) is 0 Å². The van der Waals surface area contributed by atoms with Gasteiger partial charge in [-0.25, -0.2) is 8.42 Å². The first kappa shape index (κ1) is 15.7. The highest BCUT2D eigenvalue weighted by Gasteiger charge is 2.25. The molecule has 0 aliphatic carbocycles. The Kier molecular flexibility index (Phi) is 4.18. The Labute approximate surface area is 136 Å². The lowest BCUT2D eigenvalue weighted by Gasteiger charge is -1.98. The van der Waals surface area contributed by atoms with Crippen LogP contribution in [0.2, 0.25) is 0 Å². The number of nitrogens with zero attached hydrogens (tertiary/aromatic N) is 1. The van der Waals surface area contributed by atoms with Crippen LogP contribution in [-0.4, -0.2) is 19.2 Å². The van der Waals surface area contributed by atoms with Gasteiger partial charge in [0, 0.05) is 11.1 Å². The van der Waals surface area contributed by atoms with Gasteiger partial charge in [0.05, 0.1) is 16.2 Å². The minimum absolute atomic E-state index is 0.284. The highest BCUT2D eigenvalue weighted by molar-refractivity contribution is 7.91. The van der Waals surface area contributed by atoms with Gasteiger partial charge in [-0.1, -0.05) is 42.0 Å². The largest absolute Gasteiger partial charge is 0.253 e. The third kappa shape index (κ3) is 3.42. The molecule has 0 fully saturated rings. The molecule has 23 heavy (non-hydrogen) atoms. The first-order valence-corrected chi connectivity index (χ1v) is 9.26. The zero-order chi connectivity index (χ0) is 16.4. The number of sulfone groups is 1. The zero-order valence-corrected chi connectivity index (χ0v) is 14.1. The van der Waals surface area contributed by atoms with Gasteiger partial charge in [-0.05, 0) is 44.0 Å². The molecule has 0 saturated heterocycles. The van der Waals surface area contributed by atoms with E-state index in [0.717, 1.165) is 22.3 Å². The third-order valence-corrected chi connectivity index (χ3v) is 5.74. The van der Waals surface area contributed by atoms with Crippen LogP contribution in [0.25, 0.3) is 10.9 Å². The predicted molar refractivity (Wildman–Crippen MR) is 93.4 cm³/mol. The maximum absolute atomic E-state index is 11.4. The molecule has 118 valence electrons. The van der Waals surface area contributed by atoms with Crippen LogP contribution in [0.15, 0.2) is 59.5 Å². The van der Waals surface area contributed by atoms with Gasteiger partial charge in [-0.3, -0.25) is 4.98 Å². The summed E-state index contributed by atoms with van der Waals surface area (Å²) < 4.78 is 22.7. The van der Waals surface area contributed by atoms with Gasteiger partial charge < -0.3 is 0 Å². The number of pyridine rings is 1. The molecule has 1 aromatic heterocycles. The summed E-state index contributed by atoms with van der Waals surface area (Å²) >= 11 is 0. The lowest BCUT2D eigenvalue weighted by atomic mass is 10.1. The molecule has 0 spiro atoms. The van der Waals surface area contributed by atoms with Crippen LogP contribution in [0.1, 0.15) is 16.8 Å². The molecule has 0 amide bonds. The van der Waals surface area contributed by atoms with Crippen LogP contribution < -0.4 is 0 Å². The molecule has 2 heterocycles. The predicted octanol–water partition coefficient (Wildman–Crippen LogP) is 3.87. The van der Waals surface area contributed by atoms with Gasteiger partial charge in [-0.15, -0.1) is 0 Å². The molecule has 2 aromatic carbocycles. The second kappa shape index (κ2) is 6.13. The summed E-state index contributed by atoms with van der Waals surface area (Å²) in [5.41, 5.74) is 4.26. The van der Waals surface area contributed by atoms with E-state index in [4.69, 9.17) is 0 Å². The van der Waals surface area contributed by atoms with Crippen molar-refractivity contribution in [2.45, 2.75) is 25.2 Å². The van der Waals surface area contributed by atoms with Crippen molar-refractivity contribution in [3.8, 4) is 0 Å². The van der Waals surface area contributed by atoms with Crippen molar-refractivity contribution in [1.29, 1.82) is 0 Å². The van der Waals surface area contributed by atoms with Gasteiger partial charge in [0.25, 0.3) is 0 Å². The maximum atomic E-state index is 11.4. The third-order valence-electron chi connectivity index (χ3n) is 3.93. The van der Waals surface area contributed by atoms with E-state index in [2.05, 4.69) is 17.1 Å². The van der Waals surface area contributed by atoms with Crippen molar-refractivity contribution in [3.05, 3.63) is 71.4 Å². The first-order valence-electron chi connectivity index (χ1n) is 7.60. The summed E-state index contributed by atoms with van der Waals surface area (Å²) in [5, 5.41) is 1.21. The Morgan fingerprint density at radius 3 is 2.57 bits per heavy atom. The summed E-state index contributed by atoms with van der Waals surface area (Å²) in [6.45, 7) is 3.98. The summed E-state index contributed by atoms with van der Waals surface area (Å²) in [5.74, 6) is 0.284. The smallest absolute Gasteiger partial charge is 0.178 e. The van der Waals surface area contributed by atoms with Crippen molar-refractivity contribution in [1.82, 2.24) is 4.98 Å². The minimum Gasteiger partial charge on any atom is -0.253 e. The van der Waals surface area contributed by atoms with Crippen molar-refractivity contribution in [2.24, 2.45) is 0 Å². The SMILES string of the molecule is Cc1ccc2c(c1)CCS2(=O)=O.Cc1ccc2ccccc2n1. The number of hydrogen-bond donors (Lipinski definition) is 0. The van der Waals surface area contributed by atoms with E-state index in [1.54, 1.807) is 6.07 Å². The zero-order valence-electron chi connectivity index (χ0n) is 13.3. The van der Waals surface area contributed by atoms with Crippen molar-refractivity contribution < 1.29 is 8.42 Å². The van der Waals surface area contributed by atoms with Gasteiger partial charge in [0.1, 0.15) is 0 Å². The lowest BCUT2D eigenvalue weighted by Crippen LogP contribution is -1.98. The molecule has 0 radical (unpaired) electrons. The number of fused-ring (bicyclic) bond motifs is 2. The van der Waals surface area contributed by atoms with E-state index in [1.165, 1.54) is 5.39 Å². The first-order chi connectivity index (χ1) is 11.0. The Bertz CT molecular complexity index is 962. The highest BCUT2D eigenvalue weighted by atomic mass is 32.2. The van der Waals surface area contributed by atoms with Gasteiger partial charge in [-0.2, -0.15) is 0 Å². The van der Waals surface area contributed by atoms with Crippen LogP contribution >= 0.6 is 0 Å². The molecular formula is C19H19NO2S. The van der Waals surface area contributed by atoms with Crippen LogP contribution in [0.5, 0.6) is 0 Å². The highest BCUT2D eigenvalue weighted by Crippen LogP contribution is 2.26. The van der Waals surface area contributed by atoms with Crippen LogP contribution in [0.4, 0.5) is 0 Å². The molecule has 0 saturated carbocycles. The van der Waals surface area contributed by atoms with Gasteiger partial charge in [0.2, 0.25) is 0 Å². The average Bonchev–Trinajstić information content (AvgIpc) is 2.82. The fraction of sp³-hybridized carbons (Fsp3) is 0.211. The minimum atomic E-state index is -2.92. The Morgan fingerprint density at radius 2 is 1.74 bits per heavy atom. The fourth-order valence-electron chi connectivity index (χ4n) is 2.73. The van der Waals surface area contributed by atoms with E-state index >= 15 is 0 Å². The normalized spacial score (nSPS) is 14.9. The molecule has 0 N–H and O–H groups in total.